The van der Waals surface area contributed by atoms with E-state index in [1.54, 1.807) is 0 Å². The van der Waals surface area contributed by atoms with Gasteiger partial charge in [0.25, 0.3) is 0 Å². The molecule has 0 fully saturated rings. The molecule has 1 unspecified atom stereocenters. The van der Waals surface area contributed by atoms with Gasteiger partial charge in [0, 0.05) is 17.3 Å². The summed E-state index contributed by atoms with van der Waals surface area (Å²) in [6.07, 6.45) is 0. The Labute approximate surface area is 90.5 Å². The van der Waals surface area contributed by atoms with Crippen molar-refractivity contribution in [3.05, 3.63) is 29.3 Å². The van der Waals surface area contributed by atoms with Gasteiger partial charge >= 0.3 is 0 Å². The molecule has 0 heterocycles. The zero-order valence-corrected chi connectivity index (χ0v) is 9.90. The van der Waals surface area contributed by atoms with Gasteiger partial charge in [0.1, 0.15) is 0 Å². The number of benzene rings is 1. The third kappa shape index (κ3) is 3.35. The quantitative estimate of drug-likeness (QED) is 0.771. The third-order valence-electron chi connectivity index (χ3n) is 2.32. The zero-order chi connectivity index (χ0) is 10.6. The molecule has 0 aliphatic rings. The van der Waals surface area contributed by atoms with Crippen molar-refractivity contribution < 1.29 is 5.11 Å². The number of aliphatic hydroxyl groups excluding tert-OH is 1. The predicted molar refractivity (Wildman–Crippen MR) is 62.9 cm³/mol. The summed E-state index contributed by atoms with van der Waals surface area (Å²) in [4.78, 5) is 1.30. The number of thioether (sulfide) groups is 1. The fourth-order valence-corrected chi connectivity index (χ4v) is 2.10. The lowest BCUT2D eigenvalue weighted by molar-refractivity contribution is 0.250. The molecule has 1 atom stereocenters. The number of aryl methyl sites for hydroxylation is 2. The molecule has 1 N–H and O–H groups in total. The van der Waals surface area contributed by atoms with E-state index in [0.717, 1.165) is 5.75 Å². The van der Waals surface area contributed by atoms with Gasteiger partial charge in [-0.1, -0.05) is 13.0 Å². The molecule has 2 heteroatoms. The van der Waals surface area contributed by atoms with E-state index in [9.17, 15) is 0 Å². The van der Waals surface area contributed by atoms with E-state index < -0.39 is 0 Å². The van der Waals surface area contributed by atoms with Crippen LogP contribution < -0.4 is 0 Å². The van der Waals surface area contributed by atoms with E-state index in [0.29, 0.717) is 5.92 Å². The molecule has 0 amide bonds. The number of hydrogen-bond acceptors (Lipinski definition) is 2. The van der Waals surface area contributed by atoms with Crippen molar-refractivity contribution in [3.8, 4) is 0 Å². The van der Waals surface area contributed by atoms with Gasteiger partial charge in [-0.2, -0.15) is 0 Å². The second kappa shape index (κ2) is 5.42. The summed E-state index contributed by atoms with van der Waals surface area (Å²) in [6.45, 7) is 6.60. The molecule has 0 radical (unpaired) electrons. The van der Waals surface area contributed by atoms with Crippen molar-refractivity contribution in [2.75, 3.05) is 12.4 Å². The lowest BCUT2D eigenvalue weighted by atomic mass is 10.1. The van der Waals surface area contributed by atoms with E-state index >= 15 is 0 Å². The van der Waals surface area contributed by atoms with Crippen LogP contribution in [0.5, 0.6) is 0 Å². The summed E-state index contributed by atoms with van der Waals surface area (Å²) in [5, 5.41) is 8.90. The van der Waals surface area contributed by atoms with Crippen molar-refractivity contribution in [3.63, 3.8) is 0 Å². The zero-order valence-electron chi connectivity index (χ0n) is 9.08. The maximum Gasteiger partial charge on any atom is 0.0464 e. The average Bonchev–Trinajstić information content (AvgIpc) is 2.19. The normalized spacial score (nSPS) is 12.9. The lowest BCUT2D eigenvalue weighted by Crippen LogP contribution is -2.03. The summed E-state index contributed by atoms with van der Waals surface area (Å²) >= 11 is 1.82. The molecule has 1 aromatic carbocycles. The highest BCUT2D eigenvalue weighted by Gasteiger charge is 2.02. The first-order valence-corrected chi connectivity index (χ1v) is 5.93. The van der Waals surface area contributed by atoms with Crippen LogP contribution in [0.4, 0.5) is 0 Å². The molecule has 0 aromatic heterocycles. The van der Waals surface area contributed by atoms with Crippen molar-refractivity contribution in [2.45, 2.75) is 25.7 Å². The highest BCUT2D eigenvalue weighted by Crippen LogP contribution is 2.22. The van der Waals surface area contributed by atoms with Gasteiger partial charge in [0.15, 0.2) is 0 Å². The third-order valence-corrected chi connectivity index (χ3v) is 3.65. The molecule has 78 valence electrons. The van der Waals surface area contributed by atoms with Gasteiger partial charge in [0.2, 0.25) is 0 Å². The van der Waals surface area contributed by atoms with Crippen LogP contribution in [0.15, 0.2) is 23.1 Å². The summed E-state index contributed by atoms with van der Waals surface area (Å²) in [6, 6.07) is 6.52. The Morgan fingerprint density at radius 2 is 2.00 bits per heavy atom. The Hall–Kier alpha value is -0.470. The van der Waals surface area contributed by atoms with E-state index in [4.69, 9.17) is 5.11 Å². The van der Waals surface area contributed by atoms with Gasteiger partial charge in [0.05, 0.1) is 0 Å². The average molecular weight is 210 g/mol. The lowest BCUT2D eigenvalue weighted by Gasteiger charge is -2.08. The van der Waals surface area contributed by atoms with Crippen LogP contribution in [0, 0.1) is 19.8 Å². The molecule has 1 aromatic rings. The minimum atomic E-state index is 0.276. The predicted octanol–water partition coefficient (Wildman–Crippen LogP) is 3.02. The van der Waals surface area contributed by atoms with E-state index in [1.165, 1.54) is 16.0 Å². The summed E-state index contributed by atoms with van der Waals surface area (Å²) < 4.78 is 0. The maximum atomic E-state index is 8.90. The minimum absolute atomic E-state index is 0.276. The Kier molecular flexibility index (Phi) is 4.49. The Bertz CT molecular complexity index is 296. The molecule has 0 bridgehead atoms. The van der Waals surface area contributed by atoms with Gasteiger partial charge in [-0.05, 0) is 43.0 Å². The molecular weight excluding hydrogens is 192 g/mol. The molecule has 0 saturated heterocycles. The highest BCUT2D eigenvalue weighted by atomic mass is 32.2. The molecule has 0 spiro atoms. The van der Waals surface area contributed by atoms with Gasteiger partial charge < -0.3 is 5.11 Å². The van der Waals surface area contributed by atoms with Crippen molar-refractivity contribution in [2.24, 2.45) is 5.92 Å². The minimum Gasteiger partial charge on any atom is -0.396 e. The van der Waals surface area contributed by atoms with Crippen molar-refractivity contribution in [1.29, 1.82) is 0 Å². The Balaban J connectivity index is 2.55. The second-order valence-corrected chi connectivity index (χ2v) is 4.94. The Morgan fingerprint density at radius 3 is 2.57 bits per heavy atom. The summed E-state index contributed by atoms with van der Waals surface area (Å²) in [5.74, 6) is 1.36. The van der Waals surface area contributed by atoms with E-state index in [-0.39, 0.29) is 6.61 Å². The molecule has 0 aliphatic heterocycles. The molecule has 14 heavy (non-hydrogen) atoms. The highest BCUT2D eigenvalue weighted by molar-refractivity contribution is 7.99. The topological polar surface area (TPSA) is 20.2 Å². The molecular formula is C12H18OS. The largest absolute Gasteiger partial charge is 0.396 e. The number of rotatable bonds is 4. The first-order chi connectivity index (χ1) is 6.63. The monoisotopic (exact) mass is 210 g/mol. The van der Waals surface area contributed by atoms with Gasteiger partial charge in [-0.25, -0.2) is 0 Å². The maximum absolute atomic E-state index is 8.90. The Morgan fingerprint density at radius 1 is 1.29 bits per heavy atom. The number of aliphatic hydroxyl groups is 1. The van der Waals surface area contributed by atoms with Crippen molar-refractivity contribution in [1.82, 2.24) is 0 Å². The van der Waals surface area contributed by atoms with Crippen LogP contribution in [-0.2, 0) is 0 Å². The standard InChI is InChI=1S/C12H18OS/c1-9(7-13)8-14-12-5-4-10(2)11(3)6-12/h4-6,9,13H,7-8H2,1-3H3. The van der Waals surface area contributed by atoms with Gasteiger partial charge in [-0.15, -0.1) is 11.8 Å². The molecule has 1 nitrogen and oxygen atoms in total. The summed E-state index contributed by atoms with van der Waals surface area (Å²) in [7, 11) is 0. The van der Waals surface area contributed by atoms with Crippen LogP contribution in [-0.4, -0.2) is 17.5 Å². The SMILES string of the molecule is Cc1ccc(SCC(C)CO)cc1C. The van der Waals surface area contributed by atoms with Crippen LogP contribution >= 0.6 is 11.8 Å². The smallest absolute Gasteiger partial charge is 0.0464 e. The fourth-order valence-electron chi connectivity index (χ4n) is 1.09. The summed E-state index contributed by atoms with van der Waals surface area (Å²) in [5.41, 5.74) is 2.68. The van der Waals surface area contributed by atoms with Crippen LogP contribution in [0.1, 0.15) is 18.1 Å². The van der Waals surface area contributed by atoms with Crippen molar-refractivity contribution >= 4 is 11.8 Å². The van der Waals surface area contributed by atoms with Crippen LogP contribution in [0.3, 0.4) is 0 Å². The second-order valence-electron chi connectivity index (χ2n) is 3.84. The first kappa shape index (κ1) is 11.6. The number of hydrogen-bond donors (Lipinski definition) is 1. The molecule has 0 aliphatic carbocycles. The molecule has 0 saturated carbocycles. The first-order valence-electron chi connectivity index (χ1n) is 4.94. The van der Waals surface area contributed by atoms with E-state index in [2.05, 4.69) is 39.0 Å². The van der Waals surface area contributed by atoms with Crippen LogP contribution in [0.2, 0.25) is 0 Å². The van der Waals surface area contributed by atoms with Gasteiger partial charge in [-0.3, -0.25) is 0 Å². The van der Waals surface area contributed by atoms with E-state index in [1.807, 2.05) is 11.8 Å². The van der Waals surface area contributed by atoms with Crippen LogP contribution in [0.25, 0.3) is 0 Å². The fraction of sp³-hybridized carbons (Fsp3) is 0.500. The molecule has 1 rings (SSSR count).